The van der Waals surface area contributed by atoms with Gasteiger partial charge < -0.3 is 4.74 Å². The number of amides is 1. The van der Waals surface area contributed by atoms with Crippen molar-refractivity contribution in [3.63, 3.8) is 0 Å². The predicted molar refractivity (Wildman–Crippen MR) is 108 cm³/mol. The molecule has 1 aliphatic rings. The molecule has 0 saturated carbocycles. The Morgan fingerprint density at radius 3 is 2.72 bits per heavy atom. The van der Waals surface area contributed by atoms with Gasteiger partial charge in [0, 0.05) is 12.1 Å². The molecule has 2 aromatic carbocycles. The molecular formula is C20H19NO2S2. The van der Waals surface area contributed by atoms with Crippen LogP contribution in [0.15, 0.2) is 53.4 Å². The topological polar surface area (TPSA) is 29.5 Å². The van der Waals surface area contributed by atoms with E-state index in [1.807, 2.05) is 49.4 Å². The monoisotopic (exact) mass is 369 g/mol. The van der Waals surface area contributed by atoms with E-state index < -0.39 is 0 Å². The summed E-state index contributed by atoms with van der Waals surface area (Å²) in [5, 5.41) is 0. The highest BCUT2D eigenvalue weighted by molar-refractivity contribution is 8.26. The first-order chi connectivity index (χ1) is 12.1. The fourth-order valence-electron chi connectivity index (χ4n) is 2.61. The van der Waals surface area contributed by atoms with Crippen molar-refractivity contribution in [3.05, 3.63) is 70.1 Å². The van der Waals surface area contributed by atoms with Gasteiger partial charge in [0.05, 0.1) is 4.91 Å². The van der Waals surface area contributed by atoms with Gasteiger partial charge >= 0.3 is 0 Å². The number of carbonyl (C=O) groups excluding carboxylic acids is 1. The van der Waals surface area contributed by atoms with Crippen LogP contribution < -0.4 is 4.74 Å². The van der Waals surface area contributed by atoms with E-state index in [1.165, 1.54) is 17.3 Å². The van der Waals surface area contributed by atoms with Crippen LogP contribution >= 0.6 is 24.0 Å². The summed E-state index contributed by atoms with van der Waals surface area (Å²) in [7, 11) is 0. The van der Waals surface area contributed by atoms with Crippen molar-refractivity contribution in [3.8, 4) is 5.75 Å². The number of rotatable bonds is 5. The molecule has 3 rings (SSSR count). The number of thiocarbonyl (C=S) groups is 1. The number of para-hydroxylation sites is 1. The molecule has 0 unspecified atom stereocenters. The molecule has 25 heavy (non-hydrogen) atoms. The molecule has 1 amide bonds. The van der Waals surface area contributed by atoms with Gasteiger partial charge in [-0.2, -0.15) is 0 Å². The number of hydrogen-bond donors (Lipinski definition) is 0. The minimum absolute atomic E-state index is 0.0361. The Hall–Kier alpha value is -2.11. The zero-order valence-electron chi connectivity index (χ0n) is 14.2. The normalized spacial score (nSPS) is 15.9. The van der Waals surface area contributed by atoms with Crippen molar-refractivity contribution in [2.75, 3.05) is 6.54 Å². The number of aryl methyl sites for hydroxylation is 1. The molecule has 3 nitrogen and oxygen atoms in total. The summed E-state index contributed by atoms with van der Waals surface area (Å²) in [4.78, 5) is 14.6. The lowest BCUT2D eigenvalue weighted by Crippen LogP contribution is -2.27. The number of benzene rings is 2. The van der Waals surface area contributed by atoms with Gasteiger partial charge in [0.15, 0.2) is 0 Å². The first-order valence-corrected chi connectivity index (χ1v) is 9.33. The quantitative estimate of drug-likeness (QED) is 0.559. The summed E-state index contributed by atoms with van der Waals surface area (Å²) in [5.74, 6) is 0.719. The fourth-order valence-corrected chi connectivity index (χ4v) is 3.98. The van der Waals surface area contributed by atoms with Gasteiger partial charge in [0.2, 0.25) is 0 Å². The lowest BCUT2D eigenvalue weighted by molar-refractivity contribution is -0.121. The van der Waals surface area contributed by atoms with E-state index in [4.69, 9.17) is 17.0 Å². The van der Waals surface area contributed by atoms with E-state index in [2.05, 4.69) is 19.1 Å². The molecular weight excluding hydrogens is 350 g/mol. The summed E-state index contributed by atoms with van der Waals surface area (Å²) in [5.41, 5.74) is 3.21. The maximum absolute atomic E-state index is 12.4. The first kappa shape index (κ1) is 17.7. The summed E-state index contributed by atoms with van der Waals surface area (Å²) >= 11 is 6.61. The molecule has 1 saturated heterocycles. The maximum atomic E-state index is 12.4. The van der Waals surface area contributed by atoms with E-state index in [1.54, 1.807) is 4.90 Å². The van der Waals surface area contributed by atoms with E-state index in [0.29, 0.717) is 22.4 Å². The SMILES string of the molecule is CCN1C(=O)C(=Cc2ccccc2OCc2cccc(C)c2)SC1=S. The van der Waals surface area contributed by atoms with Crippen LogP contribution in [0.2, 0.25) is 0 Å². The number of likely N-dealkylation sites (N-methyl/N-ethyl adjacent to an activating group) is 1. The summed E-state index contributed by atoms with van der Waals surface area (Å²) in [6.45, 7) is 5.07. The van der Waals surface area contributed by atoms with Crippen LogP contribution in [-0.2, 0) is 11.4 Å². The Labute approximate surface area is 157 Å². The molecule has 128 valence electrons. The van der Waals surface area contributed by atoms with Crippen molar-refractivity contribution in [1.82, 2.24) is 4.90 Å². The molecule has 0 radical (unpaired) electrons. The molecule has 1 fully saturated rings. The Bertz CT molecular complexity index is 845. The predicted octanol–water partition coefficient (Wildman–Crippen LogP) is 4.80. The minimum atomic E-state index is -0.0361. The van der Waals surface area contributed by atoms with Crippen LogP contribution in [0.3, 0.4) is 0 Å². The van der Waals surface area contributed by atoms with Gasteiger partial charge in [-0.25, -0.2) is 0 Å². The second-order valence-corrected chi connectivity index (χ2v) is 7.42. The van der Waals surface area contributed by atoms with Crippen LogP contribution in [0.5, 0.6) is 5.75 Å². The molecule has 0 aliphatic carbocycles. The third-order valence-electron chi connectivity index (χ3n) is 3.87. The number of thioether (sulfide) groups is 1. The molecule has 2 aromatic rings. The van der Waals surface area contributed by atoms with Crippen molar-refractivity contribution < 1.29 is 9.53 Å². The summed E-state index contributed by atoms with van der Waals surface area (Å²) < 4.78 is 6.60. The second-order valence-electron chi connectivity index (χ2n) is 5.74. The third-order valence-corrected chi connectivity index (χ3v) is 5.25. The number of carbonyl (C=O) groups is 1. The maximum Gasteiger partial charge on any atom is 0.266 e. The second kappa shape index (κ2) is 7.85. The number of hydrogen-bond acceptors (Lipinski definition) is 4. The Morgan fingerprint density at radius 1 is 1.20 bits per heavy atom. The lowest BCUT2D eigenvalue weighted by Gasteiger charge is -2.11. The van der Waals surface area contributed by atoms with Crippen molar-refractivity contribution in [2.45, 2.75) is 20.5 Å². The standard InChI is InChI=1S/C20H19NO2S2/c1-3-21-19(22)18(25-20(21)24)12-16-9-4-5-10-17(16)23-13-15-8-6-7-14(2)11-15/h4-12H,3,13H2,1-2H3. The highest BCUT2D eigenvalue weighted by Crippen LogP contribution is 2.34. The van der Waals surface area contributed by atoms with E-state index in [-0.39, 0.29) is 5.91 Å². The third kappa shape index (κ3) is 4.11. The van der Waals surface area contributed by atoms with Crippen LogP contribution in [-0.4, -0.2) is 21.7 Å². The van der Waals surface area contributed by atoms with E-state index in [9.17, 15) is 4.79 Å². The lowest BCUT2D eigenvalue weighted by atomic mass is 10.1. The molecule has 1 heterocycles. The average Bonchev–Trinajstić information content (AvgIpc) is 2.87. The van der Waals surface area contributed by atoms with E-state index >= 15 is 0 Å². The van der Waals surface area contributed by atoms with Gasteiger partial charge in [0.25, 0.3) is 5.91 Å². The number of nitrogens with zero attached hydrogens (tertiary/aromatic N) is 1. The number of ether oxygens (including phenoxy) is 1. The largest absolute Gasteiger partial charge is 0.488 e. The smallest absolute Gasteiger partial charge is 0.266 e. The highest BCUT2D eigenvalue weighted by atomic mass is 32.2. The van der Waals surface area contributed by atoms with Crippen molar-refractivity contribution in [2.24, 2.45) is 0 Å². The minimum Gasteiger partial charge on any atom is -0.488 e. The highest BCUT2D eigenvalue weighted by Gasteiger charge is 2.30. The fraction of sp³-hybridized carbons (Fsp3) is 0.200. The summed E-state index contributed by atoms with van der Waals surface area (Å²) in [6.07, 6.45) is 1.86. The van der Waals surface area contributed by atoms with Gasteiger partial charge in [-0.1, -0.05) is 72.0 Å². The Balaban J connectivity index is 1.81. The van der Waals surface area contributed by atoms with Crippen LogP contribution in [0.25, 0.3) is 6.08 Å². The van der Waals surface area contributed by atoms with Crippen LogP contribution in [0, 0.1) is 6.92 Å². The molecule has 0 atom stereocenters. The molecule has 0 aromatic heterocycles. The molecule has 0 N–H and O–H groups in total. The van der Waals surface area contributed by atoms with Gasteiger partial charge in [0.1, 0.15) is 16.7 Å². The van der Waals surface area contributed by atoms with Gasteiger partial charge in [-0.15, -0.1) is 0 Å². The van der Waals surface area contributed by atoms with Crippen molar-refractivity contribution in [1.29, 1.82) is 0 Å². The zero-order chi connectivity index (χ0) is 17.8. The van der Waals surface area contributed by atoms with Crippen molar-refractivity contribution >= 4 is 40.3 Å². The Kier molecular flexibility index (Phi) is 5.56. The molecule has 0 spiro atoms. The van der Waals surface area contributed by atoms with Crippen LogP contribution in [0.1, 0.15) is 23.6 Å². The molecule has 0 bridgehead atoms. The van der Waals surface area contributed by atoms with Gasteiger partial charge in [-0.05, 0) is 31.6 Å². The summed E-state index contributed by atoms with van der Waals surface area (Å²) in [6, 6.07) is 16.0. The first-order valence-electron chi connectivity index (χ1n) is 8.11. The molecule has 5 heteroatoms. The van der Waals surface area contributed by atoms with Gasteiger partial charge in [-0.3, -0.25) is 9.69 Å². The Morgan fingerprint density at radius 2 is 2.00 bits per heavy atom. The average molecular weight is 370 g/mol. The zero-order valence-corrected chi connectivity index (χ0v) is 15.8. The van der Waals surface area contributed by atoms with E-state index in [0.717, 1.165) is 16.9 Å². The molecule has 1 aliphatic heterocycles. The van der Waals surface area contributed by atoms with Crippen LogP contribution in [0.4, 0.5) is 0 Å².